The molecule has 1 unspecified atom stereocenters. The molecule has 0 spiro atoms. The number of nitrogens with two attached hydrogens (primary N) is 1. The second-order valence-electron chi connectivity index (χ2n) is 3.09. The molecule has 1 aromatic rings. The highest BCUT2D eigenvalue weighted by atomic mass is 35.5. The van der Waals surface area contributed by atoms with Gasteiger partial charge in [-0.25, -0.2) is 0 Å². The molecular formula is C8H16ClN3. The summed E-state index contributed by atoms with van der Waals surface area (Å²) in [5.74, 6) is 0. The maximum absolute atomic E-state index is 5.67. The molecule has 0 aromatic carbocycles. The number of aryl methyl sites for hydroxylation is 2. The number of hydrogen-bond acceptors (Lipinski definition) is 2. The fourth-order valence-corrected chi connectivity index (χ4v) is 1.20. The summed E-state index contributed by atoms with van der Waals surface area (Å²) in [6.45, 7) is 4.02. The number of nitrogens with zero attached hydrogens (tertiary/aromatic N) is 2. The van der Waals surface area contributed by atoms with Crippen LogP contribution in [0.4, 0.5) is 0 Å². The Hall–Kier alpha value is -0.540. The lowest BCUT2D eigenvalue weighted by Gasteiger charge is -2.01. The average molecular weight is 190 g/mol. The van der Waals surface area contributed by atoms with Gasteiger partial charge in [-0.05, 0) is 25.8 Å². The Balaban J connectivity index is 0.00000121. The van der Waals surface area contributed by atoms with Crippen LogP contribution >= 0.6 is 12.4 Å². The number of hydrogen-bond donors (Lipinski definition) is 1. The van der Waals surface area contributed by atoms with Crippen molar-refractivity contribution in [2.75, 3.05) is 0 Å². The molecule has 12 heavy (non-hydrogen) atoms. The second kappa shape index (κ2) is 4.48. The van der Waals surface area contributed by atoms with E-state index in [4.69, 9.17) is 5.73 Å². The van der Waals surface area contributed by atoms with Crippen molar-refractivity contribution in [2.24, 2.45) is 12.8 Å². The van der Waals surface area contributed by atoms with Gasteiger partial charge in [0.25, 0.3) is 0 Å². The molecule has 0 aliphatic heterocycles. The van der Waals surface area contributed by atoms with Crippen LogP contribution < -0.4 is 5.73 Å². The lowest BCUT2D eigenvalue weighted by atomic mass is 10.1. The van der Waals surface area contributed by atoms with Crippen LogP contribution in [0.3, 0.4) is 0 Å². The summed E-state index contributed by atoms with van der Waals surface area (Å²) in [6.07, 6.45) is 2.94. The molecule has 0 saturated heterocycles. The van der Waals surface area contributed by atoms with E-state index in [1.54, 1.807) is 0 Å². The molecule has 0 fully saturated rings. The van der Waals surface area contributed by atoms with Gasteiger partial charge in [0, 0.05) is 19.3 Å². The Morgan fingerprint density at radius 3 is 2.58 bits per heavy atom. The van der Waals surface area contributed by atoms with E-state index in [9.17, 15) is 0 Å². The van der Waals surface area contributed by atoms with Gasteiger partial charge in [-0.15, -0.1) is 12.4 Å². The van der Waals surface area contributed by atoms with Gasteiger partial charge in [0.05, 0.1) is 5.69 Å². The third-order valence-electron chi connectivity index (χ3n) is 1.66. The molecule has 1 atom stereocenters. The number of halogens is 1. The predicted octanol–water partition coefficient (Wildman–Crippen LogP) is 1.04. The Kier molecular flexibility index (Phi) is 4.28. The normalized spacial score (nSPS) is 12.3. The van der Waals surface area contributed by atoms with Crippen LogP contribution in [0.25, 0.3) is 0 Å². The molecule has 1 heterocycles. The Labute approximate surface area is 79.4 Å². The van der Waals surface area contributed by atoms with E-state index >= 15 is 0 Å². The number of aromatic nitrogens is 2. The zero-order chi connectivity index (χ0) is 8.43. The topological polar surface area (TPSA) is 43.8 Å². The summed E-state index contributed by atoms with van der Waals surface area (Å²) in [5, 5.41) is 4.23. The molecule has 0 aliphatic carbocycles. The average Bonchev–Trinajstić information content (AvgIpc) is 2.09. The molecule has 1 aromatic heterocycles. The summed E-state index contributed by atoms with van der Waals surface area (Å²) >= 11 is 0. The van der Waals surface area contributed by atoms with Crippen molar-refractivity contribution in [1.82, 2.24) is 9.78 Å². The molecule has 70 valence electrons. The minimum atomic E-state index is 0. The zero-order valence-corrected chi connectivity index (χ0v) is 8.56. The minimum absolute atomic E-state index is 0. The van der Waals surface area contributed by atoms with Crippen molar-refractivity contribution in [3.05, 3.63) is 17.5 Å². The van der Waals surface area contributed by atoms with Gasteiger partial charge in [0.1, 0.15) is 0 Å². The van der Waals surface area contributed by atoms with E-state index in [-0.39, 0.29) is 18.4 Å². The van der Waals surface area contributed by atoms with E-state index in [0.717, 1.165) is 12.1 Å². The highest BCUT2D eigenvalue weighted by Crippen LogP contribution is 2.06. The molecule has 4 heteroatoms. The largest absolute Gasteiger partial charge is 0.328 e. The van der Waals surface area contributed by atoms with E-state index in [1.807, 2.05) is 31.8 Å². The lowest BCUT2D eigenvalue weighted by molar-refractivity contribution is 0.733. The first kappa shape index (κ1) is 11.5. The van der Waals surface area contributed by atoms with E-state index < -0.39 is 0 Å². The van der Waals surface area contributed by atoms with Crippen molar-refractivity contribution in [2.45, 2.75) is 26.3 Å². The van der Waals surface area contributed by atoms with Crippen LogP contribution in [0.5, 0.6) is 0 Å². The highest BCUT2D eigenvalue weighted by molar-refractivity contribution is 5.85. The first-order valence-corrected chi connectivity index (χ1v) is 3.84. The highest BCUT2D eigenvalue weighted by Gasteiger charge is 2.04. The van der Waals surface area contributed by atoms with Crippen LogP contribution in [0, 0.1) is 6.92 Å². The van der Waals surface area contributed by atoms with E-state index in [2.05, 4.69) is 5.10 Å². The van der Waals surface area contributed by atoms with Crippen molar-refractivity contribution in [3.63, 3.8) is 0 Å². The van der Waals surface area contributed by atoms with Gasteiger partial charge >= 0.3 is 0 Å². The Bertz CT molecular complexity index is 242. The van der Waals surface area contributed by atoms with E-state index in [0.29, 0.717) is 0 Å². The molecule has 0 saturated carbocycles. The maximum atomic E-state index is 5.67. The Morgan fingerprint density at radius 2 is 2.25 bits per heavy atom. The van der Waals surface area contributed by atoms with Crippen molar-refractivity contribution >= 4 is 12.4 Å². The lowest BCUT2D eigenvalue weighted by Crippen LogP contribution is -2.17. The second-order valence-corrected chi connectivity index (χ2v) is 3.09. The standard InChI is InChI=1S/C8H15N3.ClH/c1-6(9)4-8-5-11(3)10-7(8)2;/h5-6H,4,9H2,1-3H3;1H. The van der Waals surface area contributed by atoms with Gasteiger partial charge in [0.2, 0.25) is 0 Å². The molecule has 0 bridgehead atoms. The smallest absolute Gasteiger partial charge is 0.0626 e. The molecule has 0 aliphatic rings. The minimum Gasteiger partial charge on any atom is -0.328 e. The van der Waals surface area contributed by atoms with Crippen LogP contribution in [0.1, 0.15) is 18.2 Å². The molecule has 2 N–H and O–H groups in total. The first-order chi connectivity index (χ1) is 5.09. The predicted molar refractivity (Wildman–Crippen MR) is 52.5 cm³/mol. The fraction of sp³-hybridized carbons (Fsp3) is 0.625. The van der Waals surface area contributed by atoms with Gasteiger partial charge in [-0.1, -0.05) is 0 Å². The maximum Gasteiger partial charge on any atom is 0.0626 e. The van der Waals surface area contributed by atoms with Crippen LogP contribution in [0.2, 0.25) is 0 Å². The zero-order valence-electron chi connectivity index (χ0n) is 7.74. The van der Waals surface area contributed by atoms with Gasteiger partial charge < -0.3 is 5.73 Å². The van der Waals surface area contributed by atoms with Crippen LogP contribution in [-0.2, 0) is 13.5 Å². The van der Waals surface area contributed by atoms with Gasteiger partial charge in [-0.3, -0.25) is 4.68 Å². The molecule has 1 rings (SSSR count). The van der Waals surface area contributed by atoms with Crippen molar-refractivity contribution in [1.29, 1.82) is 0 Å². The molecule has 0 radical (unpaired) electrons. The monoisotopic (exact) mass is 189 g/mol. The van der Waals surface area contributed by atoms with Crippen molar-refractivity contribution < 1.29 is 0 Å². The SMILES string of the molecule is Cc1nn(C)cc1CC(C)N.Cl. The quantitative estimate of drug-likeness (QED) is 0.756. The Morgan fingerprint density at radius 1 is 1.67 bits per heavy atom. The third-order valence-corrected chi connectivity index (χ3v) is 1.66. The molecule has 0 amide bonds. The summed E-state index contributed by atoms with van der Waals surface area (Å²) in [7, 11) is 1.93. The van der Waals surface area contributed by atoms with E-state index in [1.165, 1.54) is 5.56 Å². The molecule has 3 nitrogen and oxygen atoms in total. The first-order valence-electron chi connectivity index (χ1n) is 3.84. The third kappa shape index (κ3) is 2.83. The van der Waals surface area contributed by atoms with Crippen molar-refractivity contribution in [3.8, 4) is 0 Å². The number of rotatable bonds is 2. The van der Waals surface area contributed by atoms with Crippen LogP contribution in [0.15, 0.2) is 6.20 Å². The van der Waals surface area contributed by atoms with Gasteiger partial charge in [-0.2, -0.15) is 5.10 Å². The molecular weight excluding hydrogens is 174 g/mol. The van der Waals surface area contributed by atoms with Gasteiger partial charge in [0.15, 0.2) is 0 Å². The summed E-state index contributed by atoms with van der Waals surface area (Å²) in [5.41, 5.74) is 8.01. The fourth-order valence-electron chi connectivity index (χ4n) is 1.20. The summed E-state index contributed by atoms with van der Waals surface area (Å²) in [4.78, 5) is 0. The summed E-state index contributed by atoms with van der Waals surface area (Å²) in [6, 6.07) is 0.220. The summed E-state index contributed by atoms with van der Waals surface area (Å²) < 4.78 is 1.83. The van der Waals surface area contributed by atoms with Crippen LogP contribution in [-0.4, -0.2) is 15.8 Å².